The van der Waals surface area contributed by atoms with Crippen LogP contribution in [0.15, 0.2) is 18.2 Å². The van der Waals surface area contributed by atoms with Crippen LogP contribution < -0.4 is 4.74 Å². The fourth-order valence-corrected chi connectivity index (χ4v) is 3.02. The lowest BCUT2D eigenvalue weighted by Gasteiger charge is -2.40. The number of aliphatic hydroxyl groups excluding tert-OH is 4. The Balaban J connectivity index is 1.67. The Morgan fingerprint density at radius 2 is 1.65 bits per heavy atom. The molecule has 1 aromatic rings. The minimum atomic E-state index is -2.27. The SMILES string of the molecule is O=[N+]([O-])c1ccc(O[C@@H]2OC[C@@H](O[C@@H]3OC[C@@H](O)[C@H](O)[C@H]3O)[C@H](O)[C@H]2F)c([N+](=O)[O-])c1. The molecule has 172 valence electrons. The summed E-state index contributed by atoms with van der Waals surface area (Å²) in [5, 5.41) is 61.1. The average Bonchev–Trinajstić information content (AvgIpc) is 2.73. The maximum absolute atomic E-state index is 14.7. The lowest BCUT2D eigenvalue weighted by molar-refractivity contribution is -0.395. The van der Waals surface area contributed by atoms with Gasteiger partial charge >= 0.3 is 5.69 Å². The third-order valence-electron chi connectivity index (χ3n) is 4.75. The maximum atomic E-state index is 14.7. The molecule has 4 N–H and O–H groups in total. The maximum Gasteiger partial charge on any atom is 0.317 e. The summed E-state index contributed by atoms with van der Waals surface area (Å²) in [6.45, 7) is -0.862. The minimum Gasteiger partial charge on any atom is -0.454 e. The van der Waals surface area contributed by atoms with Crippen LogP contribution in [0.2, 0.25) is 0 Å². The number of aliphatic hydroxyl groups is 4. The highest BCUT2D eigenvalue weighted by Crippen LogP contribution is 2.34. The number of benzene rings is 1. The van der Waals surface area contributed by atoms with E-state index in [1.54, 1.807) is 0 Å². The first-order chi connectivity index (χ1) is 14.6. The summed E-state index contributed by atoms with van der Waals surface area (Å²) in [5.41, 5.74) is -1.38. The van der Waals surface area contributed by atoms with Crippen molar-refractivity contribution in [1.29, 1.82) is 0 Å². The van der Waals surface area contributed by atoms with Gasteiger partial charge < -0.3 is 39.4 Å². The molecule has 2 fully saturated rings. The first-order valence-corrected chi connectivity index (χ1v) is 8.94. The Labute approximate surface area is 172 Å². The van der Waals surface area contributed by atoms with Crippen LogP contribution >= 0.6 is 0 Å². The zero-order valence-corrected chi connectivity index (χ0v) is 15.6. The number of hydrogen-bond acceptors (Lipinski definition) is 12. The summed E-state index contributed by atoms with van der Waals surface area (Å²) in [5.74, 6) is -0.516. The normalized spacial score (nSPS) is 36.0. The number of nitrogens with zero attached hydrogens (tertiary/aromatic N) is 2. The fourth-order valence-electron chi connectivity index (χ4n) is 3.02. The van der Waals surface area contributed by atoms with Crippen molar-refractivity contribution in [3.05, 3.63) is 38.4 Å². The second-order valence-electron chi connectivity index (χ2n) is 6.85. The number of nitro benzene ring substituents is 2. The number of non-ortho nitro benzene ring substituents is 1. The van der Waals surface area contributed by atoms with Crippen LogP contribution in [0.1, 0.15) is 0 Å². The van der Waals surface area contributed by atoms with Gasteiger partial charge in [0, 0.05) is 6.07 Å². The summed E-state index contributed by atoms with van der Waals surface area (Å²) >= 11 is 0. The molecule has 14 nitrogen and oxygen atoms in total. The molecule has 2 heterocycles. The van der Waals surface area contributed by atoms with Gasteiger partial charge in [-0.3, -0.25) is 20.2 Å². The molecule has 0 aliphatic carbocycles. The van der Waals surface area contributed by atoms with Crippen molar-refractivity contribution in [3.8, 4) is 5.75 Å². The molecule has 2 saturated heterocycles. The van der Waals surface area contributed by atoms with Crippen molar-refractivity contribution in [1.82, 2.24) is 0 Å². The number of alkyl halides is 1. The Morgan fingerprint density at radius 1 is 0.968 bits per heavy atom. The van der Waals surface area contributed by atoms with Crippen LogP contribution in [0.4, 0.5) is 15.8 Å². The van der Waals surface area contributed by atoms with Gasteiger partial charge in [-0.05, 0) is 6.07 Å². The van der Waals surface area contributed by atoms with E-state index in [9.17, 15) is 45.0 Å². The lowest BCUT2D eigenvalue weighted by Crippen LogP contribution is -2.59. The highest BCUT2D eigenvalue weighted by Gasteiger charge is 2.46. The molecule has 2 aliphatic rings. The van der Waals surface area contributed by atoms with Crippen molar-refractivity contribution < 1.29 is 53.6 Å². The van der Waals surface area contributed by atoms with E-state index in [0.29, 0.717) is 6.07 Å². The highest BCUT2D eigenvalue weighted by molar-refractivity contribution is 5.53. The van der Waals surface area contributed by atoms with E-state index >= 15 is 0 Å². The molecule has 0 unspecified atom stereocenters. The predicted octanol–water partition coefficient (Wildman–Crippen LogP) is -1.24. The van der Waals surface area contributed by atoms with E-state index in [1.807, 2.05) is 0 Å². The van der Waals surface area contributed by atoms with Crippen molar-refractivity contribution >= 4 is 11.4 Å². The van der Waals surface area contributed by atoms with Gasteiger partial charge in [-0.25, -0.2) is 4.39 Å². The molecule has 31 heavy (non-hydrogen) atoms. The number of rotatable bonds is 6. The predicted molar refractivity (Wildman–Crippen MR) is 93.7 cm³/mol. The quantitative estimate of drug-likeness (QED) is 0.297. The van der Waals surface area contributed by atoms with Gasteiger partial charge in [0.25, 0.3) is 5.69 Å². The van der Waals surface area contributed by atoms with Gasteiger partial charge in [0.05, 0.1) is 29.1 Å². The molecule has 0 aromatic heterocycles. The molecular weight excluding hydrogens is 431 g/mol. The Morgan fingerprint density at radius 3 is 2.29 bits per heavy atom. The summed E-state index contributed by atoms with van der Waals surface area (Å²) < 4.78 is 35.2. The van der Waals surface area contributed by atoms with Gasteiger partial charge in [0.2, 0.25) is 12.0 Å². The lowest BCUT2D eigenvalue weighted by atomic mass is 10.0. The van der Waals surface area contributed by atoms with E-state index in [2.05, 4.69) is 0 Å². The van der Waals surface area contributed by atoms with Gasteiger partial charge in [-0.15, -0.1) is 0 Å². The Kier molecular flexibility index (Phi) is 6.95. The van der Waals surface area contributed by atoms with E-state index in [4.69, 9.17) is 18.9 Å². The molecule has 2 aliphatic heterocycles. The molecule has 0 amide bonds. The monoisotopic (exact) mass is 450 g/mol. The zero-order chi connectivity index (χ0) is 22.9. The standard InChI is InChI=1S/C16H19FN2O12/c17-11-13(22)10(31-16-14(23)12(21)8(20)4-28-16)5-29-15(11)30-9-2-1-6(18(24)25)3-7(9)19(26)27/h1-3,8,10-16,20-23H,4-5H2/t8-,10-,11-,12+,13+,14-,15+,16+/m1/s1. The van der Waals surface area contributed by atoms with Crippen LogP contribution in [0.3, 0.4) is 0 Å². The topological polar surface area (TPSA) is 204 Å². The Hall–Kier alpha value is -2.53. The van der Waals surface area contributed by atoms with Gasteiger partial charge in [0.1, 0.15) is 30.5 Å². The smallest absolute Gasteiger partial charge is 0.317 e. The minimum absolute atomic E-state index is 0.374. The number of halogens is 1. The van der Waals surface area contributed by atoms with Crippen LogP contribution in [-0.4, -0.2) is 92.8 Å². The molecule has 0 bridgehead atoms. The van der Waals surface area contributed by atoms with Crippen molar-refractivity contribution in [2.24, 2.45) is 0 Å². The molecule has 15 heteroatoms. The third kappa shape index (κ3) is 4.87. The molecule has 0 radical (unpaired) electrons. The van der Waals surface area contributed by atoms with Crippen LogP contribution in [0, 0.1) is 20.2 Å². The Bertz CT molecular complexity index is 828. The number of hydrogen-bond donors (Lipinski definition) is 4. The number of ether oxygens (including phenoxy) is 4. The summed E-state index contributed by atoms with van der Waals surface area (Å²) in [4.78, 5) is 20.1. The third-order valence-corrected chi connectivity index (χ3v) is 4.75. The zero-order valence-electron chi connectivity index (χ0n) is 15.6. The molecular formula is C16H19FN2O12. The molecule has 0 saturated carbocycles. The van der Waals surface area contributed by atoms with Gasteiger partial charge in [-0.1, -0.05) is 0 Å². The summed E-state index contributed by atoms with van der Waals surface area (Å²) in [6, 6.07) is 2.46. The van der Waals surface area contributed by atoms with E-state index < -0.39 is 82.8 Å². The summed E-state index contributed by atoms with van der Waals surface area (Å²) in [7, 11) is 0. The first kappa shape index (κ1) is 23.1. The first-order valence-electron chi connectivity index (χ1n) is 8.94. The van der Waals surface area contributed by atoms with E-state index in [1.165, 1.54) is 0 Å². The van der Waals surface area contributed by atoms with Crippen LogP contribution in [0.5, 0.6) is 5.75 Å². The van der Waals surface area contributed by atoms with Crippen LogP contribution in [0.25, 0.3) is 0 Å². The van der Waals surface area contributed by atoms with Crippen LogP contribution in [-0.2, 0) is 14.2 Å². The second kappa shape index (κ2) is 9.31. The highest BCUT2D eigenvalue weighted by atomic mass is 19.1. The van der Waals surface area contributed by atoms with Crippen molar-refractivity contribution in [3.63, 3.8) is 0 Å². The summed E-state index contributed by atoms with van der Waals surface area (Å²) in [6.07, 6.45) is -13.4. The molecule has 8 atom stereocenters. The second-order valence-corrected chi connectivity index (χ2v) is 6.85. The number of nitro groups is 2. The van der Waals surface area contributed by atoms with E-state index in [-0.39, 0.29) is 6.61 Å². The fraction of sp³-hybridized carbons (Fsp3) is 0.625. The average molecular weight is 450 g/mol. The molecule has 1 aromatic carbocycles. The molecule has 3 rings (SSSR count). The van der Waals surface area contributed by atoms with Crippen molar-refractivity contribution in [2.45, 2.75) is 49.3 Å². The van der Waals surface area contributed by atoms with E-state index in [0.717, 1.165) is 12.1 Å². The van der Waals surface area contributed by atoms with Gasteiger partial charge in [-0.2, -0.15) is 0 Å². The largest absolute Gasteiger partial charge is 0.454 e. The van der Waals surface area contributed by atoms with Crippen molar-refractivity contribution in [2.75, 3.05) is 13.2 Å². The molecule has 0 spiro atoms. The van der Waals surface area contributed by atoms with Gasteiger partial charge in [0.15, 0.2) is 12.5 Å².